The maximum Gasteiger partial charge on any atom is 0.343 e. The normalized spacial score (nSPS) is 29.9. The predicted molar refractivity (Wildman–Crippen MR) is 66.1 cm³/mol. The number of carbonyl (C=O) groups excluding carboxylic acids is 2. The Morgan fingerprint density at radius 2 is 2.00 bits per heavy atom. The molecule has 7 nitrogen and oxygen atoms in total. The van der Waals surface area contributed by atoms with Crippen molar-refractivity contribution in [3.8, 4) is 0 Å². The molecule has 18 heavy (non-hydrogen) atoms. The molecule has 0 aromatic heterocycles. The van der Waals surface area contributed by atoms with E-state index in [2.05, 4.69) is 16.1 Å². The molecule has 2 rings (SSSR count). The number of nitrogens with one attached hydrogen (secondary N) is 3. The van der Waals surface area contributed by atoms with Crippen molar-refractivity contribution in [1.82, 2.24) is 26.2 Å². The zero-order valence-electron chi connectivity index (χ0n) is 11.5. The minimum atomic E-state index is -0.570. The number of carbonyl (C=O) groups is 2. The van der Waals surface area contributed by atoms with Crippen molar-refractivity contribution in [2.45, 2.75) is 45.8 Å². The largest absolute Gasteiger partial charge is 0.343 e. The van der Waals surface area contributed by atoms with Crippen LogP contribution in [0.1, 0.15) is 34.6 Å². The summed E-state index contributed by atoms with van der Waals surface area (Å²) in [4.78, 5) is 23.9. The Labute approximate surface area is 107 Å². The molecule has 4 amide bonds. The smallest absolute Gasteiger partial charge is 0.336 e. The van der Waals surface area contributed by atoms with Crippen molar-refractivity contribution < 1.29 is 9.59 Å². The number of urea groups is 2. The van der Waals surface area contributed by atoms with Crippen molar-refractivity contribution in [3.05, 3.63) is 0 Å². The molecule has 2 aliphatic heterocycles. The van der Waals surface area contributed by atoms with Crippen molar-refractivity contribution >= 4 is 12.1 Å². The Balaban J connectivity index is 2.08. The van der Waals surface area contributed by atoms with Gasteiger partial charge < -0.3 is 10.6 Å². The maximum atomic E-state index is 12.0. The third-order valence-corrected chi connectivity index (χ3v) is 3.62. The van der Waals surface area contributed by atoms with Gasteiger partial charge in [0, 0.05) is 6.54 Å². The van der Waals surface area contributed by atoms with Crippen LogP contribution in [0.25, 0.3) is 0 Å². The molecule has 2 heterocycles. The second kappa shape index (κ2) is 3.83. The van der Waals surface area contributed by atoms with Gasteiger partial charge in [0.15, 0.2) is 0 Å². The van der Waals surface area contributed by atoms with Gasteiger partial charge >= 0.3 is 12.1 Å². The van der Waals surface area contributed by atoms with Crippen LogP contribution in [0.4, 0.5) is 9.59 Å². The predicted octanol–water partition coefficient (Wildman–Crippen LogP) is 0.607. The van der Waals surface area contributed by atoms with Gasteiger partial charge in [-0.3, -0.25) is 0 Å². The van der Waals surface area contributed by atoms with Crippen LogP contribution in [0.3, 0.4) is 0 Å². The number of imide groups is 1. The van der Waals surface area contributed by atoms with E-state index in [1.807, 2.05) is 34.6 Å². The van der Waals surface area contributed by atoms with Gasteiger partial charge in [0.25, 0.3) is 0 Å². The summed E-state index contributed by atoms with van der Waals surface area (Å²) in [6.07, 6.45) is 0. The minimum absolute atomic E-state index is 0.282. The summed E-state index contributed by atoms with van der Waals surface area (Å²) >= 11 is 0. The van der Waals surface area contributed by atoms with Crippen molar-refractivity contribution in [2.75, 3.05) is 6.54 Å². The summed E-state index contributed by atoms with van der Waals surface area (Å²) in [6.45, 7) is 10.4. The van der Waals surface area contributed by atoms with Crippen LogP contribution >= 0.6 is 0 Å². The molecule has 0 radical (unpaired) electrons. The molecule has 0 bridgehead atoms. The molecule has 0 spiro atoms. The molecule has 102 valence electrons. The standard InChI is InChI=1S/C11H21N5O2/c1-7(2)6-12-8(17)15-9(18)13-11(5)10(3,4)14-16(11)15/h7,14H,6H2,1-5H3,(H,12,17)(H,13,18). The van der Waals surface area contributed by atoms with E-state index in [-0.39, 0.29) is 5.54 Å². The Morgan fingerprint density at radius 3 is 2.44 bits per heavy atom. The first-order chi connectivity index (χ1) is 8.19. The summed E-state index contributed by atoms with van der Waals surface area (Å²) in [5, 5.41) is 8.18. The van der Waals surface area contributed by atoms with Gasteiger partial charge in [-0.15, -0.1) is 5.12 Å². The number of rotatable bonds is 2. The zero-order valence-corrected chi connectivity index (χ0v) is 11.5. The molecule has 2 aliphatic rings. The molecule has 0 aromatic rings. The van der Waals surface area contributed by atoms with Crippen LogP contribution in [-0.2, 0) is 0 Å². The Hall–Kier alpha value is -1.34. The van der Waals surface area contributed by atoms with Gasteiger partial charge in [-0.2, -0.15) is 5.01 Å². The third kappa shape index (κ3) is 1.65. The average Bonchev–Trinajstić information content (AvgIpc) is 2.45. The summed E-state index contributed by atoms with van der Waals surface area (Å²) in [7, 11) is 0. The van der Waals surface area contributed by atoms with Crippen molar-refractivity contribution in [3.63, 3.8) is 0 Å². The highest BCUT2D eigenvalue weighted by Gasteiger charge is 2.66. The fourth-order valence-corrected chi connectivity index (χ4v) is 2.06. The fraction of sp³-hybridized carbons (Fsp3) is 0.818. The van der Waals surface area contributed by atoms with E-state index in [4.69, 9.17) is 0 Å². The number of nitrogens with zero attached hydrogens (tertiary/aromatic N) is 2. The third-order valence-electron chi connectivity index (χ3n) is 3.62. The average molecular weight is 255 g/mol. The highest BCUT2D eigenvalue weighted by Crippen LogP contribution is 2.39. The van der Waals surface area contributed by atoms with E-state index in [0.29, 0.717) is 12.5 Å². The van der Waals surface area contributed by atoms with Crippen LogP contribution in [0, 0.1) is 5.92 Å². The molecule has 1 atom stereocenters. The van der Waals surface area contributed by atoms with E-state index >= 15 is 0 Å². The molecule has 3 N–H and O–H groups in total. The number of hydrogen-bond acceptors (Lipinski definition) is 4. The van der Waals surface area contributed by atoms with Gasteiger partial charge in [0.2, 0.25) is 0 Å². The van der Waals surface area contributed by atoms with Crippen LogP contribution in [0.15, 0.2) is 0 Å². The highest BCUT2D eigenvalue weighted by atomic mass is 16.2. The lowest BCUT2D eigenvalue weighted by Crippen LogP contribution is -2.86. The Bertz CT molecular complexity index is 395. The quantitative estimate of drug-likeness (QED) is 0.675. The second-order valence-electron chi connectivity index (χ2n) is 5.94. The molecule has 2 fully saturated rings. The van der Waals surface area contributed by atoms with Gasteiger partial charge in [-0.1, -0.05) is 13.8 Å². The fourth-order valence-electron chi connectivity index (χ4n) is 2.06. The molecule has 0 saturated carbocycles. The van der Waals surface area contributed by atoms with Gasteiger partial charge in [0.05, 0.1) is 5.54 Å². The number of hydrazine groups is 2. The number of amides is 4. The lowest BCUT2D eigenvalue weighted by molar-refractivity contribution is -0.209. The molecular weight excluding hydrogens is 234 g/mol. The molecule has 0 aliphatic carbocycles. The molecule has 0 aromatic carbocycles. The van der Waals surface area contributed by atoms with Gasteiger partial charge in [-0.25, -0.2) is 15.0 Å². The van der Waals surface area contributed by atoms with E-state index in [1.54, 1.807) is 5.12 Å². The Morgan fingerprint density at radius 1 is 1.39 bits per heavy atom. The summed E-state index contributed by atoms with van der Waals surface area (Å²) in [5.41, 5.74) is 2.23. The summed E-state index contributed by atoms with van der Waals surface area (Å²) in [5.74, 6) is 0.340. The van der Waals surface area contributed by atoms with Crippen LogP contribution in [-0.4, -0.2) is 39.9 Å². The van der Waals surface area contributed by atoms with E-state index < -0.39 is 17.7 Å². The monoisotopic (exact) mass is 255 g/mol. The van der Waals surface area contributed by atoms with Crippen molar-refractivity contribution in [1.29, 1.82) is 0 Å². The van der Waals surface area contributed by atoms with Crippen LogP contribution < -0.4 is 16.1 Å². The summed E-state index contributed by atoms with van der Waals surface area (Å²) in [6, 6.07) is -0.815. The van der Waals surface area contributed by atoms with Crippen molar-refractivity contribution in [2.24, 2.45) is 5.92 Å². The van der Waals surface area contributed by atoms with E-state index in [9.17, 15) is 9.59 Å². The number of fused-ring (bicyclic) bond motifs is 1. The molecule has 1 unspecified atom stereocenters. The molecular formula is C11H21N5O2. The first kappa shape index (κ1) is 13.1. The minimum Gasteiger partial charge on any atom is -0.336 e. The van der Waals surface area contributed by atoms with Crippen LogP contribution in [0.2, 0.25) is 0 Å². The molecule has 2 saturated heterocycles. The van der Waals surface area contributed by atoms with Gasteiger partial charge in [0.1, 0.15) is 5.66 Å². The number of hydrogen-bond donors (Lipinski definition) is 3. The first-order valence-corrected chi connectivity index (χ1v) is 6.17. The Kier molecular flexibility index (Phi) is 2.78. The van der Waals surface area contributed by atoms with Gasteiger partial charge in [-0.05, 0) is 26.7 Å². The lowest BCUT2D eigenvalue weighted by Gasteiger charge is -2.58. The lowest BCUT2D eigenvalue weighted by atomic mass is 9.85. The van der Waals surface area contributed by atoms with E-state index in [1.165, 1.54) is 0 Å². The van der Waals surface area contributed by atoms with Crippen LogP contribution in [0.5, 0.6) is 0 Å². The highest BCUT2D eigenvalue weighted by molar-refractivity contribution is 5.95. The topological polar surface area (TPSA) is 76.7 Å². The summed E-state index contributed by atoms with van der Waals surface area (Å²) < 4.78 is 0. The SMILES string of the molecule is CC(C)CNC(=O)N1C(=O)NC2(C)N1NC2(C)C. The second-order valence-corrected chi connectivity index (χ2v) is 5.94. The zero-order chi connectivity index (χ0) is 13.7. The van der Waals surface area contributed by atoms with E-state index in [0.717, 1.165) is 5.01 Å². The first-order valence-electron chi connectivity index (χ1n) is 6.17. The maximum absolute atomic E-state index is 12.0. The molecule has 7 heteroatoms.